The standard InChI is InChI=1S/C21H28N4O2S/c1-13(2)9-19-22-23-21(28-19)24-10-16-11-25(14(3)26)20(18(16)12-24)15-5-7-17(27-4)8-6-15/h5-8,13,16,18,20H,9-12H2,1-4H3/t16-,18-,20+/m1/s1. The summed E-state index contributed by atoms with van der Waals surface area (Å²) in [6.45, 7) is 8.76. The first-order valence-corrected chi connectivity index (χ1v) is 10.8. The number of rotatable bonds is 5. The number of anilines is 1. The van der Waals surface area contributed by atoms with Crippen LogP contribution in [0.2, 0.25) is 0 Å². The summed E-state index contributed by atoms with van der Waals surface area (Å²) >= 11 is 1.71. The fraction of sp³-hybridized carbons (Fsp3) is 0.571. The number of ether oxygens (including phenoxy) is 1. The topological polar surface area (TPSA) is 58.6 Å². The summed E-state index contributed by atoms with van der Waals surface area (Å²) in [5.41, 5.74) is 1.18. The molecule has 0 N–H and O–H groups in total. The molecule has 1 aromatic carbocycles. The van der Waals surface area contributed by atoms with Gasteiger partial charge in [0.05, 0.1) is 13.2 Å². The SMILES string of the molecule is COc1ccc([C@H]2[C@@H]3CN(c4nnc(CC(C)C)s4)C[C@@H]3CN2C(C)=O)cc1. The van der Waals surface area contributed by atoms with Gasteiger partial charge in [-0.1, -0.05) is 37.3 Å². The Morgan fingerprint density at radius 2 is 1.96 bits per heavy atom. The van der Waals surface area contributed by atoms with Crippen LogP contribution in [0.5, 0.6) is 5.75 Å². The van der Waals surface area contributed by atoms with Crippen LogP contribution in [0.3, 0.4) is 0 Å². The fourth-order valence-electron chi connectivity index (χ4n) is 4.56. The smallest absolute Gasteiger partial charge is 0.219 e. The van der Waals surface area contributed by atoms with Crippen molar-refractivity contribution in [2.24, 2.45) is 17.8 Å². The summed E-state index contributed by atoms with van der Waals surface area (Å²) in [6, 6.07) is 8.26. The minimum Gasteiger partial charge on any atom is -0.497 e. The van der Waals surface area contributed by atoms with E-state index in [0.717, 1.165) is 41.9 Å². The molecule has 0 bridgehead atoms. The van der Waals surface area contributed by atoms with Crippen molar-refractivity contribution in [1.82, 2.24) is 15.1 Å². The van der Waals surface area contributed by atoms with Gasteiger partial charge >= 0.3 is 0 Å². The predicted molar refractivity (Wildman–Crippen MR) is 111 cm³/mol. The van der Waals surface area contributed by atoms with E-state index in [4.69, 9.17) is 4.74 Å². The van der Waals surface area contributed by atoms with Gasteiger partial charge < -0.3 is 14.5 Å². The van der Waals surface area contributed by atoms with E-state index in [2.05, 4.69) is 41.1 Å². The molecule has 2 aliphatic rings. The van der Waals surface area contributed by atoms with Gasteiger partial charge in [-0.25, -0.2) is 0 Å². The Kier molecular flexibility index (Phi) is 5.27. The third-order valence-electron chi connectivity index (χ3n) is 5.84. The molecule has 2 saturated heterocycles. The molecule has 4 rings (SSSR count). The molecule has 0 unspecified atom stereocenters. The number of carbonyl (C=O) groups excluding carboxylic acids is 1. The second-order valence-corrected chi connectivity index (χ2v) is 9.34. The highest BCUT2D eigenvalue weighted by atomic mass is 32.1. The van der Waals surface area contributed by atoms with Crippen LogP contribution in [-0.4, -0.2) is 47.7 Å². The Labute approximate surface area is 170 Å². The largest absolute Gasteiger partial charge is 0.497 e. The lowest BCUT2D eigenvalue weighted by Crippen LogP contribution is -2.34. The third kappa shape index (κ3) is 3.60. The van der Waals surface area contributed by atoms with Crippen molar-refractivity contribution >= 4 is 22.4 Å². The van der Waals surface area contributed by atoms with Crippen LogP contribution in [0.4, 0.5) is 5.13 Å². The van der Waals surface area contributed by atoms with Crippen molar-refractivity contribution in [1.29, 1.82) is 0 Å². The molecular formula is C21H28N4O2S. The van der Waals surface area contributed by atoms with Crippen LogP contribution >= 0.6 is 11.3 Å². The van der Waals surface area contributed by atoms with E-state index in [1.54, 1.807) is 25.4 Å². The quantitative estimate of drug-likeness (QED) is 0.770. The molecule has 1 amide bonds. The highest BCUT2D eigenvalue weighted by molar-refractivity contribution is 7.15. The van der Waals surface area contributed by atoms with Gasteiger partial charge in [0.1, 0.15) is 10.8 Å². The molecule has 2 aliphatic heterocycles. The van der Waals surface area contributed by atoms with Gasteiger partial charge in [0.15, 0.2) is 0 Å². The molecule has 2 fully saturated rings. The number of hydrogen-bond acceptors (Lipinski definition) is 6. The number of aromatic nitrogens is 2. The summed E-state index contributed by atoms with van der Waals surface area (Å²) in [4.78, 5) is 16.7. The van der Waals surface area contributed by atoms with E-state index in [1.165, 1.54) is 5.56 Å². The molecule has 150 valence electrons. The number of hydrogen-bond donors (Lipinski definition) is 0. The summed E-state index contributed by atoms with van der Waals surface area (Å²) in [7, 11) is 1.67. The highest BCUT2D eigenvalue weighted by Gasteiger charge is 2.49. The van der Waals surface area contributed by atoms with Gasteiger partial charge in [-0.15, -0.1) is 10.2 Å². The molecule has 0 saturated carbocycles. The molecule has 3 heterocycles. The van der Waals surface area contributed by atoms with Crippen LogP contribution in [0.25, 0.3) is 0 Å². The fourth-order valence-corrected chi connectivity index (χ4v) is 5.63. The van der Waals surface area contributed by atoms with Crippen LogP contribution < -0.4 is 9.64 Å². The van der Waals surface area contributed by atoms with E-state index in [9.17, 15) is 4.79 Å². The molecular weight excluding hydrogens is 372 g/mol. The van der Waals surface area contributed by atoms with Crippen molar-refractivity contribution in [2.45, 2.75) is 33.2 Å². The van der Waals surface area contributed by atoms with E-state index in [0.29, 0.717) is 17.8 Å². The van der Waals surface area contributed by atoms with Crippen LogP contribution in [0.15, 0.2) is 24.3 Å². The average molecular weight is 401 g/mol. The third-order valence-corrected chi connectivity index (χ3v) is 6.84. The molecule has 7 heteroatoms. The lowest BCUT2D eigenvalue weighted by molar-refractivity contribution is -0.130. The summed E-state index contributed by atoms with van der Waals surface area (Å²) in [5, 5.41) is 11.0. The van der Waals surface area contributed by atoms with Crippen molar-refractivity contribution in [3.05, 3.63) is 34.8 Å². The van der Waals surface area contributed by atoms with Gasteiger partial charge in [-0.05, 0) is 23.6 Å². The molecule has 0 spiro atoms. The number of likely N-dealkylation sites (tertiary alicyclic amines) is 1. The van der Waals surface area contributed by atoms with E-state index < -0.39 is 0 Å². The van der Waals surface area contributed by atoms with Crippen molar-refractivity contribution in [2.75, 3.05) is 31.6 Å². The second kappa shape index (κ2) is 7.70. The van der Waals surface area contributed by atoms with E-state index in [1.807, 2.05) is 17.0 Å². The van der Waals surface area contributed by atoms with Crippen LogP contribution in [0, 0.1) is 17.8 Å². The minimum atomic E-state index is 0.112. The van der Waals surface area contributed by atoms with Crippen molar-refractivity contribution in [3.63, 3.8) is 0 Å². The molecule has 6 nitrogen and oxygen atoms in total. The minimum absolute atomic E-state index is 0.112. The Morgan fingerprint density at radius 1 is 1.21 bits per heavy atom. The first-order valence-electron chi connectivity index (χ1n) is 9.94. The lowest BCUT2D eigenvalue weighted by Gasteiger charge is -2.29. The van der Waals surface area contributed by atoms with Gasteiger partial charge in [-0.3, -0.25) is 4.79 Å². The Balaban J connectivity index is 1.55. The number of fused-ring (bicyclic) bond motifs is 1. The zero-order valence-corrected chi connectivity index (χ0v) is 17.8. The Bertz CT molecular complexity index is 835. The summed E-state index contributed by atoms with van der Waals surface area (Å²) < 4.78 is 5.29. The molecule has 1 aromatic heterocycles. The highest BCUT2D eigenvalue weighted by Crippen LogP contribution is 2.46. The van der Waals surface area contributed by atoms with Crippen molar-refractivity contribution < 1.29 is 9.53 Å². The zero-order chi connectivity index (χ0) is 19.8. The van der Waals surface area contributed by atoms with Gasteiger partial charge in [0.2, 0.25) is 11.0 Å². The van der Waals surface area contributed by atoms with E-state index >= 15 is 0 Å². The number of methoxy groups -OCH3 is 1. The average Bonchev–Trinajstić information content (AvgIpc) is 3.35. The van der Waals surface area contributed by atoms with Crippen LogP contribution in [0.1, 0.15) is 37.4 Å². The molecule has 3 atom stereocenters. The Morgan fingerprint density at radius 3 is 2.61 bits per heavy atom. The maximum Gasteiger partial charge on any atom is 0.219 e. The molecule has 2 aromatic rings. The lowest BCUT2D eigenvalue weighted by atomic mass is 9.89. The normalized spacial score (nSPS) is 24.1. The molecule has 0 radical (unpaired) electrons. The number of carbonyl (C=O) groups is 1. The monoisotopic (exact) mass is 400 g/mol. The zero-order valence-electron chi connectivity index (χ0n) is 17.0. The predicted octanol–water partition coefficient (Wildman–Crippen LogP) is 3.40. The maximum absolute atomic E-state index is 12.3. The molecule has 0 aliphatic carbocycles. The maximum atomic E-state index is 12.3. The second-order valence-electron chi connectivity index (χ2n) is 8.29. The molecule has 28 heavy (non-hydrogen) atoms. The first kappa shape index (κ1) is 19.2. The van der Waals surface area contributed by atoms with Gasteiger partial charge in [-0.2, -0.15) is 0 Å². The van der Waals surface area contributed by atoms with E-state index in [-0.39, 0.29) is 11.9 Å². The van der Waals surface area contributed by atoms with Crippen LogP contribution in [-0.2, 0) is 11.2 Å². The summed E-state index contributed by atoms with van der Waals surface area (Å²) in [6.07, 6.45) is 0.977. The summed E-state index contributed by atoms with van der Waals surface area (Å²) in [5.74, 6) is 2.45. The first-order chi connectivity index (χ1) is 13.5. The van der Waals surface area contributed by atoms with Gasteiger partial charge in [0.25, 0.3) is 0 Å². The number of nitrogens with zero attached hydrogens (tertiary/aromatic N) is 4. The van der Waals surface area contributed by atoms with Crippen molar-refractivity contribution in [3.8, 4) is 5.75 Å². The Hall–Kier alpha value is -2.15. The number of amides is 1. The van der Waals surface area contributed by atoms with Gasteiger partial charge in [0, 0.05) is 44.8 Å². The number of benzene rings is 1.